The maximum atomic E-state index is 12.6. The van der Waals surface area contributed by atoms with Crippen molar-refractivity contribution in [3.8, 4) is 0 Å². The monoisotopic (exact) mass is 345 g/mol. The van der Waals surface area contributed by atoms with E-state index >= 15 is 0 Å². The Hall–Kier alpha value is -1.86. The van der Waals surface area contributed by atoms with E-state index in [-0.39, 0.29) is 11.2 Å². The number of ether oxygens (including phenoxy) is 1. The summed E-state index contributed by atoms with van der Waals surface area (Å²) in [6.45, 7) is 4.21. The highest BCUT2D eigenvalue weighted by atomic mass is 32.2. The molecule has 1 amide bonds. The van der Waals surface area contributed by atoms with Crippen molar-refractivity contribution >= 4 is 28.3 Å². The Bertz CT molecular complexity index is 790. The number of rotatable bonds is 3. The highest BCUT2D eigenvalue weighted by Crippen LogP contribution is 2.52. The Balaban J connectivity index is 1.92. The van der Waals surface area contributed by atoms with Gasteiger partial charge in [0.1, 0.15) is 16.6 Å². The summed E-state index contributed by atoms with van der Waals surface area (Å²) in [5.41, 5.74) is 2.19. The molecule has 0 fully saturated rings. The molecule has 6 nitrogen and oxygen atoms in total. The minimum atomic E-state index is -1.11. The molecule has 3 aliphatic heterocycles. The molecular weight excluding hydrogens is 326 g/mol. The van der Waals surface area contributed by atoms with E-state index < -0.39 is 5.60 Å². The summed E-state index contributed by atoms with van der Waals surface area (Å²) < 4.78 is 6.01. The number of nitrogens with zero attached hydrogens (tertiary/aromatic N) is 2. The van der Waals surface area contributed by atoms with Gasteiger partial charge in [-0.1, -0.05) is 6.92 Å². The summed E-state index contributed by atoms with van der Waals surface area (Å²) in [5.74, 6) is 0.538. The minimum Gasteiger partial charge on any atom is -0.492 e. The number of hydrogen-bond acceptors (Lipinski definition) is 5. The zero-order valence-corrected chi connectivity index (χ0v) is 14.4. The second-order valence-corrected chi connectivity index (χ2v) is 7.53. The number of amides is 1. The summed E-state index contributed by atoms with van der Waals surface area (Å²) in [7, 11) is 0. The van der Waals surface area contributed by atoms with Gasteiger partial charge in [0.2, 0.25) is 0 Å². The predicted molar refractivity (Wildman–Crippen MR) is 92.5 cm³/mol. The molecule has 0 saturated heterocycles. The first-order valence-corrected chi connectivity index (χ1v) is 9.03. The quantitative estimate of drug-likeness (QED) is 0.878. The van der Waals surface area contributed by atoms with Crippen LogP contribution in [-0.2, 0) is 9.53 Å². The van der Waals surface area contributed by atoms with Crippen LogP contribution in [0.3, 0.4) is 0 Å². The lowest BCUT2D eigenvalue weighted by atomic mass is 9.83. The van der Waals surface area contributed by atoms with Crippen LogP contribution < -0.4 is 0 Å². The fourth-order valence-corrected chi connectivity index (χ4v) is 4.59. The molecule has 24 heavy (non-hydrogen) atoms. The average Bonchev–Trinajstić information content (AvgIpc) is 3.16. The van der Waals surface area contributed by atoms with Gasteiger partial charge >= 0.3 is 0 Å². The van der Waals surface area contributed by atoms with E-state index in [0.29, 0.717) is 18.7 Å². The predicted octanol–water partition coefficient (Wildman–Crippen LogP) is 2.44. The number of dihydropyridines is 1. The van der Waals surface area contributed by atoms with Crippen molar-refractivity contribution < 1.29 is 14.6 Å². The van der Waals surface area contributed by atoms with Gasteiger partial charge in [-0.25, -0.2) is 4.99 Å². The first-order chi connectivity index (χ1) is 11.5. The number of carbonyl (C=O) groups is 1. The number of allylic oxidation sites excluding steroid dienone is 1. The summed E-state index contributed by atoms with van der Waals surface area (Å²) >= 11 is 1.46. The lowest BCUT2D eigenvalue weighted by Crippen LogP contribution is -2.40. The molecule has 0 aliphatic carbocycles. The highest BCUT2D eigenvalue weighted by molar-refractivity contribution is 8.10. The van der Waals surface area contributed by atoms with Gasteiger partial charge in [-0.15, -0.1) is 11.8 Å². The Morgan fingerprint density at radius 2 is 2.38 bits per heavy atom. The number of nitrogens with one attached hydrogen (secondary N) is 1. The number of aromatic amines is 1. The van der Waals surface area contributed by atoms with E-state index in [1.165, 1.54) is 11.8 Å². The maximum Gasteiger partial charge on any atom is 0.264 e. The molecule has 126 valence electrons. The minimum absolute atomic E-state index is 0.219. The molecule has 4 heterocycles. The van der Waals surface area contributed by atoms with Crippen LogP contribution in [0.1, 0.15) is 38.7 Å². The van der Waals surface area contributed by atoms with Gasteiger partial charge in [0.25, 0.3) is 5.91 Å². The normalized spacial score (nSPS) is 25.9. The third kappa shape index (κ3) is 2.26. The number of thioether (sulfide) groups is 1. The molecule has 0 saturated carbocycles. The molecule has 2 N–H and O–H groups in total. The number of aliphatic imine (C=N–C) groups is 1. The third-order valence-corrected chi connectivity index (χ3v) is 6.11. The molecule has 0 spiro atoms. The summed E-state index contributed by atoms with van der Waals surface area (Å²) in [5, 5.41) is 17.2. The molecular formula is C17H19N3O3S. The first-order valence-electron chi connectivity index (χ1n) is 8.15. The molecule has 1 aromatic rings. The summed E-state index contributed by atoms with van der Waals surface area (Å²) in [6.07, 6.45) is 5.63. The van der Waals surface area contributed by atoms with Crippen LogP contribution in [-0.4, -0.2) is 44.4 Å². The number of aliphatic hydroxyl groups is 1. The zero-order valence-electron chi connectivity index (χ0n) is 13.6. The van der Waals surface area contributed by atoms with Crippen molar-refractivity contribution in [2.75, 3.05) is 6.61 Å². The highest BCUT2D eigenvalue weighted by Gasteiger charge is 2.46. The van der Waals surface area contributed by atoms with Crippen molar-refractivity contribution in [2.24, 2.45) is 4.99 Å². The van der Waals surface area contributed by atoms with Crippen LogP contribution in [0.25, 0.3) is 4.91 Å². The van der Waals surface area contributed by atoms with Gasteiger partial charge in [0.15, 0.2) is 0 Å². The fraction of sp³-hybridized carbons (Fsp3) is 0.471. The van der Waals surface area contributed by atoms with Crippen LogP contribution in [0.2, 0.25) is 0 Å². The smallest absolute Gasteiger partial charge is 0.264 e. The standard InChI is InChI=1S/C17H19N3O3S/c1-3-17(2,22)15-10-5-4-6-23-12-11(10)14(16(21)20-15)24-13(12)9-7-18-19-8-9/h7-8,14,22H,3-6H2,1-2H3,(H,18,19)/t14?,17-/m0/s1. The molecule has 2 atom stereocenters. The largest absolute Gasteiger partial charge is 0.492 e. The second-order valence-electron chi connectivity index (χ2n) is 6.41. The molecule has 0 radical (unpaired) electrons. The number of hydrogen-bond donors (Lipinski definition) is 2. The van der Waals surface area contributed by atoms with Gasteiger partial charge < -0.3 is 9.84 Å². The van der Waals surface area contributed by atoms with Gasteiger partial charge in [-0.05, 0) is 31.8 Å². The van der Waals surface area contributed by atoms with Crippen LogP contribution in [0.15, 0.2) is 34.3 Å². The average molecular weight is 345 g/mol. The zero-order chi connectivity index (χ0) is 16.9. The second kappa shape index (κ2) is 5.60. The van der Waals surface area contributed by atoms with Crippen LogP contribution in [0, 0.1) is 0 Å². The van der Waals surface area contributed by atoms with Crippen molar-refractivity contribution in [2.45, 2.75) is 44.0 Å². The van der Waals surface area contributed by atoms with E-state index in [9.17, 15) is 9.90 Å². The van der Waals surface area contributed by atoms with E-state index in [0.717, 1.165) is 40.2 Å². The van der Waals surface area contributed by atoms with Crippen LogP contribution in [0.5, 0.6) is 0 Å². The molecule has 0 bridgehead atoms. The van der Waals surface area contributed by atoms with Crippen LogP contribution in [0.4, 0.5) is 0 Å². The van der Waals surface area contributed by atoms with Crippen LogP contribution >= 0.6 is 11.8 Å². The number of carbonyl (C=O) groups excluding carboxylic acids is 1. The summed E-state index contributed by atoms with van der Waals surface area (Å²) in [4.78, 5) is 17.9. The van der Waals surface area contributed by atoms with E-state index in [1.807, 2.05) is 6.92 Å². The van der Waals surface area contributed by atoms with E-state index in [4.69, 9.17) is 4.74 Å². The maximum absolute atomic E-state index is 12.6. The van der Waals surface area contributed by atoms with Gasteiger partial charge in [0.05, 0.1) is 23.4 Å². The van der Waals surface area contributed by atoms with Gasteiger partial charge in [0, 0.05) is 17.3 Å². The van der Waals surface area contributed by atoms with Crippen molar-refractivity contribution in [1.82, 2.24) is 10.2 Å². The third-order valence-electron chi connectivity index (χ3n) is 4.78. The molecule has 0 aromatic carbocycles. The van der Waals surface area contributed by atoms with Crippen molar-refractivity contribution in [3.63, 3.8) is 0 Å². The SMILES string of the molecule is CC[C@](C)(O)C1=NC(=O)C2SC(c3cn[nH]c3)=C3OCCCC1=C32. The number of H-pyrrole nitrogens is 1. The van der Waals surface area contributed by atoms with Crippen molar-refractivity contribution in [1.29, 1.82) is 0 Å². The lowest BCUT2D eigenvalue weighted by molar-refractivity contribution is -0.116. The van der Waals surface area contributed by atoms with Crippen molar-refractivity contribution in [3.05, 3.63) is 34.9 Å². The fourth-order valence-electron chi connectivity index (χ4n) is 3.31. The first kappa shape index (κ1) is 15.7. The molecule has 3 aliphatic rings. The molecule has 7 heteroatoms. The molecule has 4 rings (SSSR count). The van der Waals surface area contributed by atoms with Gasteiger partial charge in [-0.2, -0.15) is 5.10 Å². The summed E-state index contributed by atoms with van der Waals surface area (Å²) in [6, 6.07) is 0. The molecule has 1 unspecified atom stereocenters. The van der Waals surface area contributed by atoms with Gasteiger partial charge in [-0.3, -0.25) is 9.89 Å². The van der Waals surface area contributed by atoms with E-state index in [1.54, 1.807) is 19.3 Å². The molecule has 1 aromatic heterocycles. The Morgan fingerprint density at radius 1 is 1.54 bits per heavy atom. The Labute approximate surface area is 144 Å². The number of aromatic nitrogens is 2. The lowest BCUT2D eigenvalue weighted by Gasteiger charge is -2.30. The topological polar surface area (TPSA) is 87.6 Å². The Morgan fingerprint density at radius 3 is 3.08 bits per heavy atom. The Kier molecular flexibility index (Phi) is 3.65. The van der Waals surface area contributed by atoms with E-state index in [2.05, 4.69) is 15.2 Å².